The molecule has 5 nitrogen and oxygen atoms in total. The predicted octanol–water partition coefficient (Wildman–Crippen LogP) is 5.60. The molecule has 0 bridgehead atoms. The summed E-state index contributed by atoms with van der Waals surface area (Å²) >= 11 is 8.24. The number of urea groups is 1. The van der Waals surface area contributed by atoms with Gasteiger partial charge in [-0.25, -0.2) is 4.79 Å². The quantitative estimate of drug-likeness (QED) is 0.535. The fourth-order valence-corrected chi connectivity index (χ4v) is 6.21. The summed E-state index contributed by atoms with van der Waals surface area (Å²) < 4.78 is 2.27. The Morgan fingerprint density at radius 2 is 2.07 bits per heavy atom. The third-order valence-corrected chi connectivity index (χ3v) is 7.76. The summed E-state index contributed by atoms with van der Waals surface area (Å²) in [7, 11) is 2.17. The molecule has 0 radical (unpaired) electrons. The van der Waals surface area contributed by atoms with Crippen LogP contribution in [-0.2, 0) is 19.5 Å². The molecule has 0 saturated heterocycles. The maximum atomic E-state index is 13.4. The Labute approximate surface area is 185 Å². The van der Waals surface area contributed by atoms with E-state index < -0.39 is 0 Å². The molecule has 1 N–H and O–H groups in total. The number of hydrogen-bond donors (Lipinski definition) is 1. The predicted molar refractivity (Wildman–Crippen MR) is 123 cm³/mol. The molecule has 4 heterocycles. The van der Waals surface area contributed by atoms with Crippen molar-refractivity contribution >= 4 is 34.7 Å². The van der Waals surface area contributed by atoms with Gasteiger partial charge in [0.2, 0.25) is 0 Å². The maximum absolute atomic E-state index is 13.4. The third kappa shape index (κ3) is 3.23. The Hall–Kier alpha value is -2.28. The molecule has 0 spiro atoms. The van der Waals surface area contributed by atoms with Gasteiger partial charge in [0.05, 0.1) is 23.3 Å². The van der Waals surface area contributed by atoms with Crippen LogP contribution in [0.3, 0.4) is 0 Å². The summed E-state index contributed by atoms with van der Waals surface area (Å²) in [6.07, 6.45) is 3.15. The van der Waals surface area contributed by atoms with Crippen molar-refractivity contribution in [1.82, 2.24) is 14.4 Å². The maximum Gasteiger partial charge on any atom is 0.322 e. The first-order valence-electron chi connectivity index (χ1n) is 10.3. The number of aryl methyl sites for hydroxylation is 1. The van der Waals surface area contributed by atoms with Gasteiger partial charge >= 0.3 is 6.03 Å². The zero-order valence-electron chi connectivity index (χ0n) is 17.4. The molecule has 2 amide bonds. The van der Waals surface area contributed by atoms with Crippen LogP contribution in [0.5, 0.6) is 0 Å². The summed E-state index contributed by atoms with van der Waals surface area (Å²) in [4.78, 5) is 19.1. The number of thiophene rings is 1. The van der Waals surface area contributed by atoms with Gasteiger partial charge in [0.25, 0.3) is 0 Å². The van der Waals surface area contributed by atoms with Crippen LogP contribution in [0.15, 0.2) is 36.5 Å². The third-order valence-electron chi connectivity index (χ3n) is 6.19. The van der Waals surface area contributed by atoms with Crippen LogP contribution in [-0.4, -0.2) is 34.0 Å². The van der Waals surface area contributed by atoms with E-state index in [1.54, 1.807) is 0 Å². The van der Waals surface area contributed by atoms with E-state index in [1.807, 2.05) is 41.4 Å². The highest BCUT2D eigenvalue weighted by Crippen LogP contribution is 2.41. The Morgan fingerprint density at radius 3 is 2.87 bits per heavy atom. The fraction of sp³-hybridized carbons (Fsp3) is 0.348. The lowest BCUT2D eigenvalue weighted by atomic mass is 10.0. The summed E-state index contributed by atoms with van der Waals surface area (Å²) in [5.41, 5.74) is 5.56. The molecule has 2 aromatic heterocycles. The van der Waals surface area contributed by atoms with E-state index in [4.69, 9.17) is 11.6 Å². The first-order chi connectivity index (χ1) is 14.4. The molecule has 1 atom stereocenters. The zero-order valence-corrected chi connectivity index (χ0v) is 19.0. The Morgan fingerprint density at radius 1 is 1.23 bits per heavy atom. The molecule has 0 aliphatic carbocycles. The molecular formula is C23H25ClN4OS. The standard InChI is InChI=1S/C23H25ClN4OS/c1-14-6-7-19(18(24)11-14)25-23(29)28-12-17-16-8-10-26(3)13-21(16)30-22(17)27-9-4-5-20(27)15(28)2/h4-7,9,11,15H,8,10,12-13H2,1-3H3,(H,25,29)/t15-/m1/s1. The number of amides is 2. The normalized spacial score (nSPS) is 18.4. The number of carbonyl (C=O) groups excluding carboxylic acids is 1. The number of nitrogens with one attached hydrogen (secondary N) is 1. The molecule has 5 rings (SSSR count). The lowest BCUT2D eigenvalue weighted by molar-refractivity contribution is 0.189. The number of halogens is 1. The fourth-order valence-electron chi connectivity index (χ4n) is 4.48. The number of aromatic nitrogens is 1. The van der Waals surface area contributed by atoms with Gasteiger partial charge in [-0.1, -0.05) is 17.7 Å². The highest BCUT2D eigenvalue weighted by Gasteiger charge is 2.33. The highest BCUT2D eigenvalue weighted by atomic mass is 35.5. The molecular weight excluding hydrogens is 416 g/mol. The van der Waals surface area contributed by atoms with Gasteiger partial charge in [0.15, 0.2) is 0 Å². The number of fused-ring (bicyclic) bond motifs is 5. The van der Waals surface area contributed by atoms with Crippen molar-refractivity contribution in [2.75, 3.05) is 18.9 Å². The van der Waals surface area contributed by atoms with Gasteiger partial charge in [-0.3, -0.25) is 0 Å². The molecule has 1 aromatic carbocycles. The van der Waals surface area contributed by atoms with Crippen LogP contribution < -0.4 is 5.32 Å². The Bertz CT molecular complexity index is 1130. The second kappa shape index (κ2) is 7.45. The summed E-state index contributed by atoms with van der Waals surface area (Å²) in [6, 6.07) is 9.71. The SMILES string of the molecule is Cc1ccc(NC(=O)N2Cc3c(sc4c3CCN(C)C4)-n3cccc3[C@H]2C)c(Cl)c1. The van der Waals surface area contributed by atoms with Gasteiger partial charge in [-0.15, -0.1) is 11.3 Å². The first-order valence-corrected chi connectivity index (χ1v) is 11.4. The molecule has 0 fully saturated rings. The molecule has 0 saturated carbocycles. The van der Waals surface area contributed by atoms with Crippen molar-refractivity contribution in [3.05, 3.63) is 68.8 Å². The molecule has 156 valence electrons. The number of hydrogen-bond acceptors (Lipinski definition) is 3. The highest BCUT2D eigenvalue weighted by molar-refractivity contribution is 7.15. The average Bonchev–Trinajstić information content (AvgIpc) is 3.29. The summed E-state index contributed by atoms with van der Waals surface area (Å²) in [6.45, 7) is 6.71. The van der Waals surface area contributed by atoms with Gasteiger partial charge in [-0.05, 0) is 62.7 Å². The van der Waals surface area contributed by atoms with Crippen LogP contribution in [0.1, 0.15) is 40.2 Å². The number of anilines is 1. The number of carbonyl (C=O) groups is 1. The molecule has 30 heavy (non-hydrogen) atoms. The molecule has 0 unspecified atom stereocenters. The van der Waals surface area contributed by atoms with Gasteiger partial charge in [0.1, 0.15) is 5.00 Å². The largest absolute Gasteiger partial charge is 0.322 e. The van der Waals surface area contributed by atoms with Crippen LogP contribution >= 0.6 is 22.9 Å². The van der Waals surface area contributed by atoms with Gasteiger partial charge in [-0.2, -0.15) is 0 Å². The first kappa shape index (κ1) is 19.7. The van der Waals surface area contributed by atoms with Crippen molar-refractivity contribution < 1.29 is 4.79 Å². The van der Waals surface area contributed by atoms with E-state index in [0.29, 0.717) is 17.3 Å². The van der Waals surface area contributed by atoms with Crippen LogP contribution in [0.25, 0.3) is 5.00 Å². The van der Waals surface area contributed by atoms with Crippen LogP contribution in [0, 0.1) is 6.92 Å². The molecule has 3 aromatic rings. The Balaban J connectivity index is 1.54. The van der Waals surface area contributed by atoms with Crippen LogP contribution in [0.4, 0.5) is 10.5 Å². The van der Waals surface area contributed by atoms with Crippen molar-refractivity contribution in [1.29, 1.82) is 0 Å². The second-order valence-electron chi connectivity index (χ2n) is 8.30. The Kier molecular flexibility index (Phi) is 4.88. The van der Waals surface area contributed by atoms with Crippen LogP contribution in [0.2, 0.25) is 5.02 Å². The molecule has 7 heteroatoms. The minimum absolute atomic E-state index is 0.0502. The van der Waals surface area contributed by atoms with Crippen molar-refractivity contribution in [3.63, 3.8) is 0 Å². The van der Waals surface area contributed by atoms with E-state index in [2.05, 4.69) is 47.1 Å². The van der Waals surface area contributed by atoms with E-state index in [1.165, 1.54) is 21.0 Å². The number of nitrogens with zero attached hydrogens (tertiary/aromatic N) is 3. The zero-order chi connectivity index (χ0) is 21.0. The van der Waals surface area contributed by atoms with E-state index in [9.17, 15) is 4.79 Å². The lowest BCUT2D eigenvalue weighted by Crippen LogP contribution is -2.36. The minimum atomic E-state index is -0.123. The van der Waals surface area contributed by atoms with Crippen molar-refractivity contribution in [2.45, 2.75) is 39.4 Å². The molecule has 2 aliphatic rings. The van der Waals surface area contributed by atoms with Crippen molar-refractivity contribution in [3.8, 4) is 5.00 Å². The number of rotatable bonds is 1. The van der Waals surface area contributed by atoms with Crippen molar-refractivity contribution in [2.24, 2.45) is 0 Å². The number of benzene rings is 1. The van der Waals surface area contributed by atoms with E-state index >= 15 is 0 Å². The smallest absolute Gasteiger partial charge is 0.312 e. The van der Waals surface area contributed by atoms with Gasteiger partial charge < -0.3 is 19.7 Å². The summed E-state index contributed by atoms with van der Waals surface area (Å²) in [5, 5.41) is 4.86. The average molecular weight is 441 g/mol. The van der Waals surface area contributed by atoms with Gasteiger partial charge in [0, 0.05) is 35.4 Å². The van der Waals surface area contributed by atoms with E-state index in [0.717, 1.165) is 30.8 Å². The number of likely N-dealkylation sites (N-methyl/N-ethyl adjacent to an activating group) is 1. The monoisotopic (exact) mass is 440 g/mol. The van der Waals surface area contributed by atoms with E-state index in [-0.39, 0.29) is 12.1 Å². The molecule has 2 aliphatic heterocycles. The topological polar surface area (TPSA) is 40.5 Å². The second-order valence-corrected chi connectivity index (χ2v) is 9.79. The summed E-state index contributed by atoms with van der Waals surface area (Å²) in [5.74, 6) is 0. The lowest BCUT2D eigenvalue weighted by Gasteiger charge is -2.29. The minimum Gasteiger partial charge on any atom is -0.312 e.